The first-order valence-electron chi connectivity index (χ1n) is 10.00. The summed E-state index contributed by atoms with van der Waals surface area (Å²) in [5, 5.41) is 3.75. The maximum atomic E-state index is 11.2. The number of hydrogen-bond donors (Lipinski definition) is 1. The number of rotatable bonds is 7. The Morgan fingerprint density at radius 3 is 2.39 bits per heavy atom. The van der Waals surface area contributed by atoms with Crippen molar-refractivity contribution in [2.24, 2.45) is 0 Å². The van der Waals surface area contributed by atoms with Crippen molar-refractivity contribution < 1.29 is 4.79 Å². The highest BCUT2D eigenvalue weighted by molar-refractivity contribution is 7.21. The van der Waals surface area contributed by atoms with Crippen LogP contribution in [-0.4, -0.2) is 29.0 Å². The number of pyridine rings is 1. The molecule has 0 unspecified atom stereocenters. The lowest BCUT2D eigenvalue weighted by Gasteiger charge is -2.22. The summed E-state index contributed by atoms with van der Waals surface area (Å²) in [6.45, 7) is 11.9. The van der Waals surface area contributed by atoms with Crippen LogP contribution in [0.2, 0.25) is 0 Å². The van der Waals surface area contributed by atoms with E-state index in [0.717, 1.165) is 58.2 Å². The average molecular weight is 399 g/mol. The van der Waals surface area contributed by atoms with Crippen LogP contribution in [0.15, 0.2) is 36.5 Å². The third kappa shape index (κ3) is 5.52. The monoisotopic (exact) mass is 398 g/mol. The van der Waals surface area contributed by atoms with Gasteiger partial charge in [-0.3, -0.25) is 4.79 Å². The van der Waals surface area contributed by atoms with E-state index in [4.69, 9.17) is 4.98 Å². The molecule has 2 heterocycles. The van der Waals surface area contributed by atoms with Crippen LogP contribution in [0.3, 0.4) is 0 Å². The summed E-state index contributed by atoms with van der Waals surface area (Å²) >= 11 is 1.61. The third-order valence-electron chi connectivity index (χ3n) is 4.01. The molecule has 1 amide bonds. The van der Waals surface area contributed by atoms with Crippen LogP contribution >= 0.6 is 11.3 Å². The number of carbonyl (C=O) groups excluding carboxylic acids is 1. The molecule has 3 rings (SSSR count). The Labute approximate surface area is 171 Å². The average Bonchev–Trinajstić information content (AvgIpc) is 3.12. The van der Waals surface area contributed by atoms with Gasteiger partial charge in [0.1, 0.15) is 10.8 Å². The number of nitrogens with one attached hydrogen (secondary N) is 1. The van der Waals surface area contributed by atoms with Crippen molar-refractivity contribution in [3.63, 3.8) is 0 Å². The molecule has 0 spiro atoms. The van der Waals surface area contributed by atoms with Crippen molar-refractivity contribution in [1.29, 1.82) is 0 Å². The van der Waals surface area contributed by atoms with Crippen LogP contribution in [0.25, 0.3) is 20.8 Å². The largest absolute Gasteiger partial charge is 0.357 e. The smallest absolute Gasteiger partial charge is 0.221 e. The first-order valence-corrected chi connectivity index (χ1v) is 10.8. The summed E-state index contributed by atoms with van der Waals surface area (Å²) in [5.74, 6) is 0.948. The van der Waals surface area contributed by atoms with E-state index < -0.39 is 0 Å². The zero-order chi connectivity index (χ0) is 20.5. The number of anilines is 2. The molecule has 5 nitrogen and oxygen atoms in total. The molecular weight excluding hydrogens is 368 g/mol. The molecule has 0 bridgehead atoms. The molecule has 0 aliphatic rings. The quantitative estimate of drug-likeness (QED) is 0.533. The molecule has 150 valence electrons. The predicted molar refractivity (Wildman–Crippen MR) is 121 cm³/mol. The number of benzene rings is 1. The SMILES string of the molecule is CC.CCCN(CCC)c1ccc(-c2nc3ccc(NC(C)=O)cc3s2)cn1. The fourth-order valence-corrected chi connectivity index (χ4v) is 3.90. The van der Waals surface area contributed by atoms with Gasteiger partial charge in [-0.25, -0.2) is 9.97 Å². The molecule has 3 aromatic rings. The normalized spacial score (nSPS) is 10.3. The van der Waals surface area contributed by atoms with Gasteiger partial charge in [-0.2, -0.15) is 0 Å². The minimum absolute atomic E-state index is 0.0717. The molecule has 0 atom stereocenters. The summed E-state index contributed by atoms with van der Waals surface area (Å²) in [7, 11) is 0. The van der Waals surface area contributed by atoms with E-state index in [9.17, 15) is 4.79 Å². The molecule has 2 aromatic heterocycles. The Hall–Kier alpha value is -2.47. The van der Waals surface area contributed by atoms with Gasteiger partial charge in [0.05, 0.1) is 10.2 Å². The third-order valence-corrected chi connectivity index (χ3v) is 5.08. The first kappa shape index (κ1) is 21.8. The number of aromatic nitrogens is 2. The number of nitrogens with zero attached hydrogens (tertiary/aromatic N) is 3. The molecule has 28 heavy (non-hydrogen) atoms. The van der Waals surface area contributed by atoms with Gasteiger partial charge in [-0.15, -0.1) is 11.3 Å². The van der Waals surface area contributed by atoms with Crippen LogP contribution < -0.4 is 10.2 Å². The van der Waals surface area contributed by atoms with E-state index in [1.54, 1.807) is 11.3 Å². The second-order valence-electron chi connectivity index (χ2n) is 6.27. The summed E-state index contributed by atoms with van der Waals surface area (Å²) in [5.41, 5.74) is 2.74. The zero-order valence-electron chi connectivity index (χ0n) is 17.5. The highest BCUT2D eigenvalue weighted by Crippen LogP contribution is 2.32. The van der Waals surface area contributed by atoms with E-state index in [1.165, 1.54) is 6.92 Å². The second kappa shape index (κ2) is 10.8. The van der Waals surface area contributed by atoms with E-state index >= 15 is 0 Å². The molecule has 0 fully saturated rings. The molecule has 0 radical (unpaired) electrons. The van der Waals surface area contributed by atoms with E-state index in [1.807, 2.05) is 38.2 Å². The van der Waals surface area contributed by atoms with Gasteiger partial charge in [0, 0.05) is 37.5 Å². The number of hydrogen-bond acceptors (Lipinski definition) is 5. The summed E-state index contributed by atoms with van der Waals surface area (Å²) in [4.78, 5) is 22.9. The van der Waals surface area contributed by atoms with Gasteiger partial charge >= 0.3 is 0 Å². The van der Waals surface area contributed by atoms with E-state index in [2.05, 4.69) is 41.2 Å². The molecule has 6 heteroatoms. The van der Waals surface area contributed by atoms with Crippen LogP contribution in [0, 0.1) is 0 Å². The standard InChI is InChI=1S/C20H24N4OS.C2H6/c1-4-10-24(11-5-2)19-9-6-15(13-21-19)20-23-17-8-7-16(22-14(3)25)12-18(17)26-20;1-2/h6-9,12-13H,4-5,10-11H2,1-3H3,(H,22,25);1-2H3. The Balaban J connectivity index is 0.00000136. The number of thiazole rings is 1. The second-order valence-corrected chi connectivity index (χ2v) is 7.31. The lowest BCUT2D eigenvalue weighted by atomic mass is 10.2. The van der Waals surface area contributed by atoms with Crippen LogP contribution in [0.1, 0.15) is 47.5 Å². The van der Waals surface area contributed by atoms with Crippen LogP contribution in [0.4, 0.5) is 11.5 Å². The summed E-state index contributed by atoms with van der Waals surface area (Å²) in [6.07, 6.45) is 4.12. The fourth-order valence-electron chi connectivity index (χ4n) is 2.91. The molecular formula is C22H30N4OS. The molecule has 1 N–H and O–H groups in total. The fraction of sp³-hybridized carbons (Fsp3) is 0.409. The number of fused-ring (bicyclic) bond motifs is 1. The number of carbonyl (C=O) groups is 1. The van der Waals surface area contributed by atoms with E-state index in [-0.39, 0.29) is 5.91 Å². The first-order chi connectivity index (χ1) is 13.6. The molecule has 1 aromatic carbocycles. The van der Waals surface area contributed by atoms with Crippen molar-refractivity contribution in [2.45, 2.75) is 47.5 Å². The molecule has 0 aliphatic heterocycles. The highest BCUT2D eigenvalue weighted by Gasteiger charge is 2.10. The summed E-state index contributed by atoms with van der Waals surface area (Å²) in [6, 6.07) is 9.95. The van der Waals surface area contributed by atoms with Gasteiger partial charge in [0.2, 0.25) is 5.91 Å². The maximum absolute atomic E-state index is 11.2. The summed E-state index contributed by atoms with van der Waals surface area (Å²) < 4.78 is 1.05. The van der Waals surface area contributed by atoms with Crippen molar-refractivity contribution in [1.82, 2.24) is 9.97 Å². The van der Waals surface area contributed by atoms with Gasteiger partial charge in [-0.1, -0.05) is 27.7 Å². The number of amides is 1. The van der Waals surface area contributed by atoms with Gasteiger partial charge in [-0.05, 0) is 43.2 Å². The molecule has 0 saturated heterocycles. The van der Waals surface area contributed by atoms with Crippen molar-refractivity contribution in [3.8, 4) is 10.6 Å². The minimum Gasteiger partial charge on any atom is -0.357 e. The lowest BCUT2D eigenvalue weighted by molar-refractivity contribution is -0.114. The maximum Gasteiger partial charge on any atom is 0.221 e. The van der Waals surface area contributed by atoms with Crippen molar-refractivity contribution in [2.75, 3.05) is 23.3 Å². The Kier molecular flexibility index (Phi) is 8.39. The van der Waals surface area contributed by atoms with Crippen molar-refractivity contribution in [3.05, 3.63) is 36.5 Å². The van der Waals surface area contributed by atoms with Gasteiger partial charge in [0.15, 0.2) is 0 Å². The van der Waals surface area contributed by atoms with Gasteiger partial charge < -0.3 is 10.2 Å². The van der Waals surface area contributed by atoms with Crippen LogP contribution in [-0.2, 0) is 4.79 Å². The van der Waals surface area contributed by atoms with E-state index in [0.29, 0.717) is 0 Å². The Morgan fingerprint density at radius 2 is 1.82 bits per heavy atom. The lowest BCUT2D eigenvalue weighted by Crippen LogP contribution is -2.25. The Bertz CT molecular complexity index is 883. The zero-order valence-corrected chi connectivity index (χ0v) is 18.3. The minimum atomic E-state index is -0.0717. The van der Waals surface area contributed by atoms with Gasteiger partial charge in [0.25, 0.3) is 0 Å². The predicted octanol–water partition coefficient (Wildman–Crippen LogP) is 5.97. The van der Waals surface area contributed by atoms with Crippen LogP contribution in [0.5, 0.6) is 0 Å². The molecule has 0 saturated carbocycles. The highest BCUT2D eigenvalue weighted by atomic mass is 32.1. The Morgan fingerprint density at radius 1 is 1.11 bits per heavy atom. The topological polar surface area (TPSA) is 58.1 Å². The molecule has 0 aliphatic carbocycles. The van der Waals surface area contributed by atoms with Crippen molar-refractivity contribution >= 4 is 39.0 Å².